The number of ether oxygens (including phenoxy) is 1. The number of hydrogen-bond acceptors (Lipinski definition) is 13. The number of rotatable bonds is 15. The van der Waals surface area contributed by atoms with E-state index in [1.165, 1.54) is 6.20 Å². The molecule has 0 aliphatic rings. The first-order chi connectivity index (χ1) is 31.8. The van der Waals surface area contributed by atoms with Crippen molar-refractivity contribution in [3.05, 3.63) is 82.4 Å². The van der Waals surface area contributed by atoms with Crippen molar-refractivity contribution in [3.63, 3.8) is 0 Å². The van der Waals surface area contributed by atoms with Crippen molar-refractivity contribution in [1.29, 1.82) is 0 Å². The van der Waals surface area contributed by atoms with E-state index in [1.807, 2.05) is 38.4 Å². The number of benzene rings is 2. The van der Waals surface area contributed by atoms with Gasteiger partial charge in [-0.25, -0.2) is 36.8 Å². The molecule has 0 saturated heterocycles. The molecule has 0 unspecified atom stereocenters. The Kier molecular flexibility index (Phi) is 14.5. The molecule has 19 nitrogen and oxygen atoms in total. The third kappa shape index (κ3) is 11.9. The maximum atomic E-state index is 13.3. The summed E-state index contributed by atoms with van der Waals surface area (Å²) in [6.45, 7) is 11.0. The highest BCUT2D eigenvalue weighted by Gasteiger charge is 2.24. The number of aryl methyl sites for hydroxylation is 2. The molecule has 3 N–H and O–H groups in total. The minimum atomic E-state index is -3.26. The van der Waals surface area contributed by atoms with Crippen LogP contribution in [0.4, 0.5) is 0 Å². The Balaban J connectivity index is 0.000000207. The maximum absolute atomic E-state index is 13.3. The Morgan fingerprint density at radius 3 is 1.78 bits per heavy atom. The molecular weight excluding hydrogens is 972 g/mol. The van der Waals surface area contributed by atoms with Crippen LogP contribution in [0.2, 0.25) is 35.7 Å². The van der Waals surface area contributed by atoms with Gasteiger partial charge in [-0.05, 0) is 56.3 Å². The topological polar surface area (TPSA) is 244 Å². The van der Waals surface area contributed by atoms with E-state index >= 15 is 0 Å². The molecule has 0 saturated carbocycles. The largest absolute Gasteiger partial charge is 0.361 e. The van der Waals surface area contributed by atoms with E-state index in [1.54, 1.807) is 58.5 Å². The van der Waals surface area contributed by atoms with Crippen molar-refractivity contribution in [3.8, 4) is 22.8 Å². The molecule has 2 aromatic carbocycles. The fourth-order valence-corrected chi connectivity index (χ4v) is 10.7. The first-order valence-electron chi connectivity index (χ1n) is 21.3. The minimum absolute atomic E-state index is 0.152. The molecule has 2 atom stereocenters. The summed E-state index contributed by atoms with van der Waals surface area (Å²) in [5, 5.41) is 17.5. The predicted molar refractivity (Wildman–Crippen MR) is 268 cm³/mol. The standard InChI is InChI=1S/C25H33ClN6O4SSi.C19H19ClN6O3S/c1-16(14-37(3,34)35)28-25(33)19-13-32(15-36-9-10-38(4,5)6)24-23(19)29-20(12-27-24)22-18-8-7-17(26)11-21(18)31(2)30-22;1-10(9-30(3,28)29)23-19(27)13-7-21-18-17(13)24-14(8-22-18)16-12-5-4-11(20)6-15(12)26(2)25-16/h7-8,11-13,16H,9-10,14-15H2,1-6H3,(H,28,33);4-8,10H,9H2,1-3H3,(H,21,22)(H,23,27)/t16-;10-/m11/s1. The Morgan fingerprint density at radius 1 is 0.765 bits per heavy atom. The van der Waals surface area contributed by atoms with Crippen LogP contribution in [-0.2, 0) is 45.2 Å². The average Bonchev–Trinajstić information content (AvgIpc) is 3.99. The van der Waals surface area contributed by atoms with Crippen LogP contribution < -0.4 is 10.6 Å². The molecule has 6 heterocycles. The summed E-state index contributed by atoms with van der Waals surface area (Å²) in [5.41, 5.74) is 6.20. The van der Waals surface area contributed by atoms with E-state index in [2.05, 4.69) is 60.4 Å². The Hall–Kier alpha value is -5.78. The highest BCUT2D eigenvalue weighted by molar-refractivity contribution is 7.91. The molecule has 2 amide bonds. The van der Waals surface area contributed by atoms with Gasteiger partial charge in [0.15, 0.2) is 11.3 Å². The number of fused-ring (bicyclic) bond motifs is 4. The van der Waals surface area contributed by atoms with E-state index < -0.39 is 51.6 Å². The summed E-state index contributed by atoms with van der Waals surface area (Å²) in [6, 6.07) is 10.8. The van der Waals surface area contributed by atoms with Gasteiger partial charge in [-0.3, -0.25) is 19.0 Å². The van der Waals surface area contributed by atoms with Gasteiger partial charge in [0.05, 0.1) is 46.1 Å². The van der Waals surface area contributed by atoms with Crippen LogP contribution in [0.3, 0.4) is 0 Å². The monoisotopic (exact) mass is 1020 g/mol. The molecular formula is C44H52Cl2N12O7S2Si. The molecule has 8 rings (SSSR count). The smallest absolute Gasteiger partial charge is 0.255 e. The number of H-pyrrole nitrogens is 1. The highest BCUT2D eigenvalue weighted by Crippen LogP contribution is 2.31. The van der Waals surface area contributed by atoms with Crippen molar-refractivity contribution in [2.24, 2.45) is 14.1 Å². The SMILES string of the molecule is C[C@H](CS(C)(=O)=O)NC(=O)c1c[nH]c2ncc(-c3nn(C)c4cc(Cl)ccc34)nc12.C[C@H](CS(C)(=O)=O)NC(=O)c1cn(COCC[Si](C)(C)C)c2ncc(-c3nn(C)c4cc(Cl)ccc34)nc12. The van der Waals surface area contributed by atoms with Crippen LogP contribution >= 0.6 is 23.2 Å². The van der Waals surface area contributed by atoms with Crippen molar-refractivity contribution >= 4 is 107 Å². The molecule has 24 heteroatoms. The molecule has 0 aliphatic heterocycles. The van der Waals surface area contributed by atoms with Gasteiger partial charge in [0.1, 0.15) is 60.2 Å². The number of amides is 2. The fraction of sp³-hybridized carbons (Fsp3) is 0.364. The number of halogens is 2. The number of sulfone groups is 2. The second-order valence-corrected chi connectivity index (χ2v) is 29.0. The predicted octanol–water partition coefficient (Wildman–Crippen LogP) is 6.44. The van der Waals surface area contributed by atoms with Gasteiger partial charge < -0.3 is 24.9 Å². The van der Waals surface area contributed by atoms with Gasteiger partial charge in [0, 0.05) is 86.6 Å². The van der Waals surface area contributed by atoms with Crippen LogP contribution in [-0.4, -0.2) is 128 Å². The van der Waals surface area contributed by atoms with Gasteiger partial charge in [-0.1, -0.05) is 42.8 Å². The van der Waals surface area contributed by atoms with E-state index in [4.69, 9.17) is 32.9 Å². The average molecular weight is 1020 g/mol. The third-order valence-electron chi connectivity index (χ3n) is 10.6. The van der Waals surface area contributed by atoms with E-state index in [0.717, 1.165) is 40.4 Å². The first-order valence-corrected chi connectivity index (χ1v) is 29.9. The summed E-state index contributed by atoms with van der Waals surface area (Å²) >= 11 is 12.3. The molecule has 8 aromatic rings. The van der Waals surface area contributed by atoms with E-state index in [-0.39, 0.29) is 29.4 Å². The van der Waals surface area contributed by atoms with Gasteiger partial charge in [0.2, 0.25) is 0 Å². The lowest BCUT2D eigenvalue weighted by Gasteiger charge is -2.15. The Labute approximate surface area is 403 Å². The van der Waals surface area contributed by atoms with Gasteiger partial charge in [-0.2, -0.15) is 10.2 Å². The summed E-state index contributed by atoms with van der Waals surface area (Å²) < 4.78 is 57.5. The number of hydrogen-bond donors (Lipinski definition) is 3. The zero-order valence-corrected chi connectivity index (χ0v) is 43.1. The molecule has 68 heavy (non-hydrogen) atoms. The number of nitrogens with one attached hydrogen (secondary N) is 3. The van der Waals surface area contributed by atoms with E-state index in [0.29, 0.717) is 61.8 Å². The Morgan fingerprint density at radius 2 is 1.26 bits per heavy atom. The second kappa shape index (κ2) is 19.7. The van der Waals surface area contributed by atoms with Crippen LogP contribution in [0.15, 0.2) is 61.2 Å². The number of aromatic nitrogens is 10. The quantitative estimate of drug-likeness (QED) is 0.0740. The maximum Gasteiger partial charge on any atom is 0.255 e. The summed E-state index contributed by atoms with van der Waals surface area (Å²) in [5.74, 6) is -1.19. The van der Waals surface area contributed by atoms with Crippen molar-refractivity contribution in [2.45, 2.75) is 58.3 Å². The molecule has 0 fully saturated rings. The lowest BCUT2D eigenvalue weighted by Crippen LogP contribution is -2.37. The fourth-order valence-electron chi connectivity index (χ4n) is 7.58. The van der Waals surface area contributed by atoms with Crippen LogP contribution in [0, 0.1) is 0 Å². The Bertz CT molecular complexity index is 3460. The zero-order chi connectivity index (χ0) is 49.5. The normalized spacial score (nSPS) is 13.2. The van der Waals surface area contributed by atoms with Crippen molar-refractivity contribution < 1.29 is 31.2 Å². The lowest BCUT2D eigenvalue weighted by atomic mass is 10.1. The number of carbonyl (C=O) groups excluding carboxylic acids is 2. The van der Waals surface area contributed by atoms with Crippen LogP contribution in [0.5, 0.6) is 0 Å². The van der Waals surface area contributed by atoms with Crippen molar-refractivity contribution in [2.75, 3.05) is 30.6 Å². The summed E-state index contributed by atoms with van der Waals surface area (Å²) in [6.07, 6.45) is 8.65. The van der Waals surface area contributed by atoms with Gasteiger partial charge in [0.25, 0.3) is 11.8 Å². The summed E-state index contributed by atoms with van der Waals surface area (Å²) in [4.78, 5) is 47.3. The third-order valence-corrected chi connectivity index (χ3v) is 15.0. The molecule has 0 spiro atoms. The van der Waals surface area contributed by atoms with Crippen LogP contribution in [0.1, 0.15) is 34.6 Å². The number of carbonyl (C=O) groups is 2. The van der Waals surface area contributed by atoms with Crippen molar-refractivity contribution in [1.82, 2.24) is 59.7 Å². The second-order valence-electron chi connectivity index (χ2n) is 18.1. The molecule has 0 radical (unpaired) electrons. The minimum Gasteiger partial charge on any atom is -0.361 e. The molecule has 360 valence electrons. The van der Waals surface area contributed by atoms with E-state index in [9.17, 15) is 26.4 Å². The molecule has 0 bridgehead atoms. The number of aromatic amines is 1. The lowest BCUT2D eigenvalue weighted by molar-refractivity contribution is 0.0890. The zero-order valence-electron chi connectivity index (χ0n) is 38.9. The van der Waals surface area contributed by atoms with Gasteiger partial charge in [-0.15, -0.1) is 0 Å². The van der Waals surface area contributed by atoms with Crippen LogP contribution in [0.25, 0.3) is 66.9 Å². The highest BCUT2D eigenvalue weighted by atomic mass is 35.5. The molecule has 6 aromatic heterocycles. The summed E-state index contributed by atoms with van der Waals surface area (Å²) in [7, 11) is -4.11. The van der Waals surface area contributed by atoms with Gasteiger partial charge >= 0.3 is 0 Å². The number of nitrogens with zero attached hydrogens (tertiary/aromatic N) is 9. The first kappa shape index (κ1) is 50.1. The molecule has 0 aliphatic carbocycles.